The molecule has 5 aromatic rings. The van der Waals surface area contributed by atoms with E-state index >= 15 is 4.39 Å². The highest BCUT2D eigenvalue weighted by Gasteiger charge is 2.49. The fourth-order valence-corrected chi connectivity index (χ4v) is 9.13. The van der Waals surface area contributed by atoms with Crippen LogP contribution in [0, 0.1) is 54.2 Å². The van der Waals surface area contributed by atoms with Gasteiger partial charge in [0.05, 0.1) is 76.7 Å². The quantitative estimate of drug-likeness (QED) is 0.00349. The molecule has 89 heavy (non-hydrogen) atoms. The predicted molar refractivity (Wildman–Crippen MR) is 292 cm³/mol. The van der Waals surface area contributed by atoms with Gasteiger partial charge >= 0.3 is 11.9 Å². The number of carbonyl (C=O) groups is 4. The number of halogens is 6. The number of nitrogens with two attached hydrogens (primary N) is 2. The van der Waals surface area contributed by atoms with E-state index < -0.39 is 143 Å². The number of nitrogens with one attached hydrogen (secondary N) is 3. The zero-order chi connectivity index (χ0) is 64.1. The van der Waals surface area contributed by atoms with Crippen LogP contribution in [0.3, 0.4) is 0 Å². The van der Waals surface area contributed by atoms with Gasteiger partial charge in [-0.2, -0.15) is 21.9 Å². The molecule has 2 aromatic heterocycles. The lowest BCUT2D eigenvalue weighted by Crippen LogP contribution is -2.61. The average Bonchev–Trinajstić information content (AvgIpc) is 2.03. The monoisotopic (exact) mass is 1290 g/mol. The van der Waals surface area contributed by atoms with Crippen LogP contribution < -0.4 is 45.0 Å². The van der Waals surface area contributed by atoms with Gasteiger partial charge in [-0.3, -0.25) is 14.4 Å². The van der Waals surface area contributed by atoms with Gasteiger partial charge in [-0.05, 0) is 36.8 Å². The maximum atomic E-state index is 15.2. The summed E-state index contributed by atoms with van der Waals surface area (Å²) in [5.41, 5.74) is 6.73. The van der Waals surface area contributed by atoms with E-state index in [0.29, 0.717) is 5.56 Å². The van der Waals surface area contributed by atoms with Crippen LogP contribution in [-0.2, 0) is 59.6 Å². The van der Waals surface area contributed by atoms with E-state index in [1.165, 1.54) is 58.1 Å². The molecule has 0 spiro atoms. The zero-order valence-electron chi connectivity index (χ0n) is 47.1. The van der Waals surface area contributed by atoms with Gasteiger partial charge in [0.25, 0.3) is 10.2 Å². The molecule has 3 aromatic carbocycles. The fourth-order valence-electron chi connectivity index (χ4n) is 8.74. The third-order valence-corrected chi connectivity index (χ3v) is 13.6. The Morgan fingerprint density at radius 2 is 1.44 bits per heavy atom. The summed E-state index contributed by atoms with van der Waals surface area (Å²) in [6, 6.07) is 8.18. The Morgan fingerprint density at radius 3 is 2.09 bits per heavy atom. The van der Waals surface area contributed by atoms with Gasteiger partial charge < -0.3 is 92.3 Å². The van der Waals surface area contributed by atoms with E-state index in [-0.39, 0.29) is 125 Å². The van der Waals surface area contributed by atoms with Crippen molar-refractivity contribution in [2.45, 2.75) is 88.0 Å². The number of fused-ring (bicyclic) bond motifs is 1. The summed E-state index contributed by atoms with van der Waals surface area (Å²) in [6.07, 6.45) is -15.0. The van der Waals surface area contributed by atoms with Crippen LogP contribution in [0.1, 0.15) is 49.1 Å². The Hall–Kier alpha value is -7.83. The van der Waals surface area contributed by atoms with Crippen molar-refractivity contribution in [2.75, 3.05) is 70.4 Å². The first-order valence-corrected chi connectivity index (χ1v) is 28.0. The summed E-state index contributed by atoms with van der Waals surface area (Å²) in [7, 11) is -4.29. The highest BCUT2D eigenvalue weighted by molar-refractivity contribution is 7.87. The maximum absolute atomic E-state index is 15.2. The molecule has 0 aliphatic carbocycles. The molecule has 28 nitrogen and oxygen atoms in total. The summed E-state index contributed by atoms with van der Waals surface area (Å²) in [6.45, 7) is 0.292. The van der Waals surface area contributed by atoms with Crippen molar-refractivity contribution >= 4 is 56.5 Å². The summed E-state index contributed by atoms with van der Waals surface area (Å²) in [5.74, 6) is -13.1. The normalized spacial score (nSPS) is 20.7. The molecule has 2 aliphatic rings. The highest BCUT2D eigenvalue weighted by atomic mass is 32.2. The van der Waals surface area contributed by atoms with Crippen LogP contribution in [0.2, 0.25) is 0 Å². The number of carbonyl (C=O) groups excluding carboxylic acids is 3. The van der Waals surface area contributed by atoms with E-state index in [4.69, 9.17) is 44.0 Å². The predicted octanol–water partition coefficient (Wildman–Crippen LogP) is -0.399. The van der Waals surface area contributed by atoms with Crippen LogP contribution in [0.4, 0.5) is 37.8 Å². The van der Waals surface area contributed by atoms with Crippen molar-refractivity contribution < 1.29 is 127 Å². The van der Waals surface area contributed by atoms with Crippen LogP contribution in [0.15, 0.2) is 48.9 Å². The number of aromatic nitrogens is 3. The second kappa shape index (κ2) is 31.6. The van der Waals surface area contributed by atoms with Crippen LogP contribution in [0.5, 0.6) is 17.2 Å². The maximum Gasteiger partial charge on any atom is 0.335 e. The lowest BCUT2D eigenvalue weighted by atomic mass is 9.99. The van der Waals surface area contributed by atoms with Crippen molar-refractivity contribution in [1.29, 1.82) is 0 Å². The van der Waals surface area contributed by atoms with Gasteiger partial charge in [0.2, 0.25) is 77.0 Å². The zero-order valence-corrected chi connectivity index (χ0v) is 47.9. The van der Waals surface area contributed by atoms with Crippen LogP contribution >= 0.6 is 0 Å². The largest absolute Gasteiger partial charge is 0.492 e. The molecule has 0 saturated carbocycles. The molecule has 7 rings (SSSR count). The van der Waals surface area contributed by atoms with Crippen molar-refractivity contribution in [3.8, 4) is 29.1 Å². The number of aliphatic hydroxyl groups is 5. The summed E-state index contributed by atoms with van der Waals surface area (Å²) >= 11 is 0. The first-order chi connectivity index (χ1) is 41.8. The molecule has 2 saturated heterocycles. The van der Waals surface area contributed by atoms with Gasteiger partial charge in [0.1, 0.15) is 64.9 Å². The number of hydrogen-bond donors (Lipinski definition) is 11. The van der Waals surface area contributed by atoms with Crippen LogP contribution in [0.25, 0.3) is 11.0 Å². The van der Waals surface area contributed by atoms with E-state index in [1.54, 1.807) is 6.92 Å². The Bertz CT molecular complexity index is 3520. The molecular formula is C54H62F6N8O20S. The molecule has 4 heterocycles. The number of ether oxygens (including phenoxy) is 8. The second-order valence-corrected chi connectivity index (χ2v) is 20.6. The number of nitrogens with zero attached hydrogens (tertiary/aromatic N) is 3. The van der Waals surface area contributed by atoms with Crippen molar-refractivity contribution in [3.63, 3.8) is 0 Å². The van der Waals surface area contributed by atoms with E-state index in [9.17, 15) is 80.2 Å². The molecular weight excluding hydrogens is 1230 g/mol. The molecule has 13 N–H and O–H groups in total. The number of rotatable bonds is 28. The first kappa shape index (κ1) is 70.3. The van der Waals surface area contributed by atoms with E-state index in [2.05, 4.69) is 32.2 Å². The molecule has 486 valence electrons. The number of amides is 2. The standard InChI is InChI=1S/C53H58F6N8O20S.CH3/c1-2-83-30-5-3-4-28(54)27(30)8-7-26-23-67(51-45(74)42(71)32(84-51)21-64-88(61,78)79)50-36(26)49(60)63-24-66(50)22-25-6-9-31(85-53-46(75)43(72)44(73)48(87-53)52(76)77)29(20-25)65-34(69)10-13-62-33(68)11-14-80-16-18-82-19-17-81-15-12-35(70)86-47-40(58)38(56)37(55)39(57)41(47)59;/h3-6,9,20,23-24,32,42-46,48,51,53,60,64,71-75H,2,10-19,21-22H2,1H3,(H5,61,62,65,68,69,76,77,78,79);1H3/q;-1/p+1/t32-,42-,43+,44+,45-,46-,48+,51-,53-;/m1./s1. The minimum atomic E-state index is -4.29. The number of benzene rings is 3. The molecule has 35 heteroatoms. The van der Waals surface area contributed by atoms with Gasteiger partial charge in [-0.1, -0.05) is 29.0 Å². The number of nitrogen functional groups attached to an aromatic ring is 1. The van der Waals surface area contributed by atoms with Gasteiger partial charge in [-0.25, -0.2) is 36.6 Å². The third-order valence-electron chi connectivity index (χ3n) is 13.0. The summed E-state index contributed by atoms with van der Waals surface area (Å²) < 4.78 is 154. The fraction of sp³-hybridized carbons (Fsp3) is 0.426. The average molecular weight is 1290 g/mol. The third kappa shape index (κ3) is 17.7. The van der Waals surface area contributed by atoms with Crippen molar-refractivity contribution in [3.05, 3.63) is 108 Å². The minimum absolute atomic E-state index is 0. The Kier molecular flexibility index (Phi) is 24.9. The molecule has 2 aliphatic heterocycles. The number of aliphatic hydroxyl groups excluding tert-OH is 5. The number of carboxylic acids is 1. The van der Waals surface area contributed by atoms with Gasteiger partial charge in [0, 0.05) is 25.9 Å². The second-order valence-electron chi connectivity index (χ2n) is 19.2. The molecule has 9 atom stereocenters. The summed E-state index contributed by atoms with van der Waals surface area (Å²) in [5, 5.41) is 74.2. The molecule has 2 fully saturated rings. The Balaban J connectivity index is 0.0000126. The van der Waals surface area contributed by atoms with Crippen molar-refractivity contribution in [1.82, 2.24) is 19.6 Å². The smallest absolute Gasteiger partial charge is 0.335 e. The number of carboxylic acid groups (broad SMARTS) is 1. The molecule has 0 radical (unpaired) electrons. The first-order valence-electron chi connectivity index (χ1n) is 26.4. The van der Waals surface area contributed by atoms with Crippen LogP contribution in [-0.4, -0.2) is 181 Å². The topological polar surface area (TPSA) is 407 Å². The summed E-state index contributed by atoms with van der Waals surface area (Å²) in [4.78, 5) is 54.4. The number of hydrogen-bond acceptors (Lipinski definition) is 21. The van der Waals surface area contributed by atoms with Gasteiger partial charge in [0.15, 0.2) is 6.10 Å². The molecule has 0 bridgehead atoms. The van der Waals surface area contributed by atoms with Crippen molar-refractivity contribution in [2.24, 2.45) is 5.14 Å². The molecule has 0 unspecified atom stereocenters. The highest BCUT2D eigenvalue weighted by Crippen LogP contribution is 2.36. The Morgan fingerprint density at radius 1 is 0.787 bits per heavy atom. The van der Waals surface area contributed by atoms with Gasteiger partial charge in [-0.15, -0.1) is 0 Å². The minimum Gasteiger partial charge on any atom is -0.492 e. The lowest BCUT2D eigenvalue weighted by molar-refractivity contribution is -0.668. The SMILES string of the molecule is CCOc1cccc(F)c1C#Cc1cn([C@@H]2O[C@H](CNS(N)(=O)=O)[C@@H](O)[C@H]2O)c2c1c(N)nc[n+]2Cc1ccc(O[C@@H]2O[C@H](C(=O)O)[C@@H](O)[C@H](O)[C@H]2O)c(NC(=O)CCNC(=O)CCOCCOCCOCCC(=O)Oc2c(F)c(F)c(F)c(F)c2F)c1.[CH3-]. The molecule has 2 amide bonds. The Labute approximate surface area is 502 Å². The number of anilines is 2. The number of aliphatic carboxylic acids is 1. The lowest BCUT2D eigenvalue weighted by Gasteiger charge is -2.38. The number of esters is 1. The van der Waals surface area contributed by atoms with E-state index in [0.717, 1.165) is 0 Å². The van der Waals surface area contributed by atoms with E-state index in [1.807, 2.05) is 4.72 Å².